The topological polar surface area (TPSA) is 20.2 Å². The molecule has 2 heteroatoms. The van der Waals surface area contributed by atoms with Crippen molar-refractivity contribution in [2.45, 2.75) is 46.6 Å². The van der Waals surface area contributed by atoms with Crippen LogP contribution in [0.1, 0.15) is 40.5 Å². The molecule has 0 aromatic heterocycles. The highest BCUT2D eigenvalue weighted by Gasteiger charge is 2.44. The Morgan fingerprint density at radius 1 is 0.857 bits per heavy atom. The summed E-state index contributed by atoms with van der Waals surface area (Å²) in [5.41, 5.74) is 3.94. The van der Waals surface area contributed by atoms with Crippen molar-refractivity contribution >= 4 is 23.2 Å². The normalized spacial score (nSPS) is 18.8. The minimum atomic E-state index is -1.86. The molecule has 1 aliphatic carbocycles. The number of benzene rings is 3. The van der Waals surface area contributed by atoms with Gasteiger partial charge in [-0.05, 0) is 80.2 Å². The summed E-state index contributed by atoms with van der Waals surface area (Å²) in [6, 6.07) is 33.1. The zero-order valence-electron chi connectivity index (χ0n) is 21.5. The van der Waals surface area contributed by atoms with Crippen molar-refractivity contribution in [1.29, 1.82) is 0 Å². The second-order valence-electron chi connectivity index (χ2n) is 10.4. The van der Waals surface area contributed by atoms with E-state index >= 15 is 0 Å². The first kappa shape index (κ1) is 25.4. The van der Waals surface area contributed by atoms with E-state index < -0.39 is 7.26 Å². The van der Waals surface area contributed by atoms with E-state index in [1.807, 2.05) is 0 Å². The molecule has 35 heavy (non-hydrogen) atoms. The van der Waals surface area contributed by atoms with E-state index in [1.165, 1.54) is 32.6 Å². The molecule has 1 atom stereocenters. The van der Waals surface area contributed by atoms with Crippen LogP contribution in [0.4, 0.5) is 0 Å². The molecular weight excluding hydrogens is 443 g/mol. The van der Waals surface area contributed by atoms with Gasteiger partial charge in [-0.15, -0.1) is 0 Å². The van der Waals surface area contributed by atoms with E-state index in [2.05, 4.69) is 137 Å². The second-order valence-corrected chi connectivity index (χ2v) is 14.0. The van der Waals surface area contributed by atoms with Gasteiger partial charge in [0.1, 0.15) is 23.2 Å². The highest BCUT2D eigenvalue weighted by Crippen LogP contribution is 2.55. The zero-order valence-corrected chi connectivity index (χ0v) is 22.4. The number of allylic oxidation sites excluding steroid dienone is 5. The summed E-state index contributed by atoms with van der Waals surface area (Å²) in [7, 11) is -1.86. The van der Waals surface area contributed by atoms with Gasteiger partial charge in [-0.2, -0.15) is 0 Å². The molecule has 0 radical (unpaired) electrons. The van der Waals surface area contributed by atoms with Gasteiger partial charge in [-0.3, -0.25) is 0 Å². The molecule has 4 rings (SSSR count). The predicted octanol–water partition coefficient (Wildman–Crippen LogP) is 6.98. The van der Waals surface area contributed by atoms with Gasteiger partial charge in [0.2, 0.25) is 0 Å². The Balaban J connectivity index is 1.76. The standard InChI is InChI=1S/C33H38OP/c1-26(20-21-32-27(2)24-28(34)25-33(32,3)4)22-23-35(29-14-8-5-9-15-29,30-16-10-6-11-17-30)31-18-12-7-13-19-31/h5-22,28,34H,23-25H2,1-4H3/q+1/b21-20+,26-22+/t28-/m0/s1. The smallest absolute Gasteiger partial charge is 0.115 e. The maximum Gasteiger partial charge on any atom is 0.115 e. The molecule has 180 valence electrons. The number of aliphatic hydroxyl groups is 1. The van der Waals surface area contributed by atoms with Crippen molar-refractivity contribution < 1.29 is 5.11 Å². The van der Waals surface area contributed by atoms with E-state index in [0.717, 1.165) is 19.0 Å². The van der Waals surface area contributed by atoms with E-state index in [4.69, 9.17) is 0 Å². The third kappa shape index (κ3) is 5.58. The minimum absolute atomic E-state index is 0.00654. The number of rotatable bonds is 7. The van der Waals surface area contributed by atoms with Crippen LogP contribution in [0.25, 0.3) is 0 Å². The fourth-order valence-electron chi connectivity index (χ4n) is 5.55. The Kier molecular flexibility index (Phi) is 7.90. The Morgan fingerprint density at radius 3 is 1.74 bits per heavy atom. The molecule has 1 aliphatic rings. The SMILES string of the molecule is CC1=C(/C=C/C(C)=C/C[P+](c2ccccc2)(c2ccccc2)c2ccccc2)C(C)(C)C[C@@H](O)C1. The molecule has 3 aromatic carbocycles. The molecule has 0 amide bonds. The van der Waals surface area contributed by atoms with E-state index in [9.17, 15) is 5.11 Å². The molecule has 1 nitrogen and oxygen atoms in total. The summed E-state index contributed by atoms with van der Waals surface area (Å²) in [4.78, 5) is 0. The van der Waals surface area contributed by atoms with Crippen molar-refractivity contribution in [2.75, 3.05) is 6.16 Å². The molecule has 0 saturated carbocycles. The lowest BCUT2D eigenvalue weighted by Gasteiger charge is -2.35. The maximum absolute atomic E-state index is 10.2. The fraction of sp³-hybridized carbons (Fsp3) is 0.273. The van der Waals surface area contributed by atoms with Gasteiger partial charge in [0.25, 0.3) is 0 Å². The van der Waals surface area contributed by atoms with E-state index in [1.54, 1.807) is 0 Å². The van der Waals surface area contributed by atoms with Gasteiger partial charge in [0, 0.05) is 0 Å². The number of aliphatic hydroxyl groups excluding tert-OH is 1. The van der Waals surface area contributed by atoms with Gasteiger partial charge in [0.15, 0.2) is 0 Å². The molecule has 0 aliphatic heterocycles. The van der Waals surface area contributed by atoms with Gasteiger partial charge < -0.3 is 5.11 Å². The Hall–Kier alpha value is -2.73. The third-order valence-electron chi connectivity index (χ3n) is 7.27. The highest BCUT2D eigenvalue weighted by atomic mass is 31.2. The fourth-order valence-corrected chi connectivity index (χ4v) is 9.69. The first-order chi connectivity index (χ1) is 16.8. The highest BCUT2D eigenvalue weighted by molar-refractivity contribution is 7.95. The van der Waals surface area contributed by atoms with Crippen LogP contribution >= 0.6 is 7.26 Å². The molecule has 0 fully saturated rings. The van der Waals surface area contributed by atoms with Crippen LogP contribution in [0.5, 0.6) is 0 Å². The molecule has 0 spiro atoms. The Bertz CT molecular complexity index is 1110. The van der Waals surface area contributed by atoms with E-state index in [-0.39, 0.29) is 11.5 Å². The van der Waals surface area contributed by atoms with Gasteiger partial charge in [-0.25, -0.2) is 0 Å². The van der Waals surface area contributed by atoms with Crippen LogP contribution in [0.2, 0.25) is 0 Å². The lowest BCUT2D eigenvalue weighted by molar-refractivity contribution is 0.116. The van der Waals surface area contributed by atoms with Gasteiger partial charge >= 0.3 is 0 Å². The number of hydrogen-bond donors (Lipinski definition) is 1. The quantitative estimate of drug-likeness (QED) is 0.285. The van der Waals surface area contributed by atoms with Crippen LogP contribution in [0, 0.1) is 5.41 Å². The molecular formula is C33H38OP+. The largest absolute Gasteiger partial charge is 0.393 e. The molecule has 0 heterocycles. The lowest BCUT2D eigenvalue weighted by Crippen LogP contribution is -2.33. The zero-order chi connectivity index (χ0) is 24.9. The maximum atomic E-state index is 10.2. The Labute approximate surface area is 212 Å². The minimum Gasteiger partial charge on any atom is -0.393 e. The average molecular weight is 482 g/mol. The van der Waals surface area contributed by atoms with Crippen molar-refractivity contribution in [3.05, 3.63) is 126 Å². The molecule has 1 N–H and O–H groups in total. The van der Waals surface area contributed by atoms with Crippen molar-refractivity contribution in [2.24, 2.45) is 5.41 Å². The summed E-state index contributed by atoms with van der Waals surface area (Å²) in [6.07, 6.45) is 9.33. The van der Waals surface area contributed by atoms with Crippen LogP contribution in [0.15, 0.2) is 126 Å². The van der Waals surface area contributed by atoms with Crippen molar-refractivity contribution in [3.63, 3.8) is 0 Å². The van der Waals surface area contributed by atoms with Gasteiger partial charge in [-0.1, -0.05) is 91.7 Å². The van der Waals surface area contributed by atoms with Crippen LogP contribution < -0.4 is 15.9 Å². The molecule has 0 bridgehead atoms. The molecule has 3 aromatic rings. The van der Waals surface area contributed by atoms with Crippen LogP contribution in [-0.2, 0) is 0 Å². The summed E-state index contributed by atoms with van der Waals surface area (Å²) < 4.78 is 0. The summed E-state index contributed by atoms with van der Waals surface area (Å²) in [5, 5.41) is 14.5. The lowest BCUT2D eigenvalue weighted by atomic mass is 9.71. The third-order valence-corrected chi connectivity index (χ3v) is 11.5. The van der Waals surface area contributed by atoms with Crippen LogP contribution in [0.3, 0.4) is 0 Å². The van der Waals surface area contributed by atoms with Crippen molar-refractivity contribution in [1.82, 2.24) is 0 Å². The van der Waals surface area contributed by atoms with Gasteiger partial charge in [0.05, 0.1) is 12.3 Å². The first-order valence-corrected chi connectivity index (χ1v) is 14.6. The second kappa shape index (κ2) is 10.9. The van der Waals surface area contributed by atoms with Crippen molar-refractivity contribution in [3.8, 4) is 0 Å². The Morgan fingerprint density at radius 2 is 1.31 bits per heavy atom. The van der Waals surface area contributed by atoms with E-state index in [0.29, 0.717) is 0 Å². The summed E-state index contributed by atoms with van der Waals surface area (Å²) in [5.74, 6) is 0. The predicted molar refractivity (Wildman–Crippen MR) is 155 cm³/mol. The first-order valence-electron chi connectivity index (χ1n) is 12.6. The average Bonchev–Trinajstić information content (AvgIpc) is 2.85. The molecule has 0 unspecified atom stereocenters. The number of hydrogen-bond acceptors (Lipinski definition) is 1. The van der Waals surface area contributed by atoms with Crippen LogP contribution in [-0.4, -0.2) is 17.4 Å². The molecule has 0 saturated heterocycles. The monoisotopic (exact) mass is 481 g/mol. The summed E-state index contributed by atoms with van der Waals surface area (Å²) >= 11 is 0. The summed E-state index contributed by atoms with van der Waals surface area (Å²) in [6.45, 7) is 8.87.